The van der Waals surface area contributed by atoms with Gasteiger partial charge in [-0.1, -0.05) is 30.3 Å². The van der Waals surface area contributed by atoms with Gasteiger partial charge in [-0.2, -0.15) is 5.26 Å². The molecule has 0 aliphatic rings. The van der Waals surface area contributed by atoms with Gasteiger partial charge in [0.05, 0.1) is 7.11 Å². The molecule has 2 aromatic rings. The Balaban J connectivity index is 2.28. The first-order valence-corrected chi connectivity index (χ1v) is 8.89. The van der Waals surface area contributed by atoms with Gasteiger partial charge in [0.25, 0.3) is 0 Å². The Bertz CT molecular complexity index is 861. The summed E-state index contributed by atoms with van der Waals surface area (Å²) >= 11 is 0. The molecule has 28 heavy (non-hydrogen) atoms. The molecule has 0 aromatic heterocycles. The molecule has 0 aliphatic heterocycles. The molecule has 0 saturated carbocycles. The normalized spacial score (nSPS) is 11.7. The summed E-state index contributed by atoms with van der Waals surface area (Å²) in [5, 5.41) is 15.9. The van der Waals surface area contributed by atoms with Gasteiger partial charge in [-0.05, 0) is 50.6 Å². The fraction of sp³-hybridized carbons (Fsp3) is 0.273. The van der Waals surface area contributed by atoms with Crippen LogP contribution in [0, 0.1) is 11.3 Å². The maximum absolute atomic E-state index is 12.5. The number of rotatable bonds is 7. The lowest BCUT2D eigenvalue weighted by molar-refractivity contribution is -0.149. The van der Waals surface area contributed by atoms with E-state index >= 15 is 0 Å². The number of para-hydroxylation sites is 1. The van der Waals surface area contributed by atoms with Crippen LogP contribution in [-0.4, -0.2) is 18.7 Å². The van der Waals surface area contributed by atoms with Crippen LogP contribution in [0.2, 0.25) is 0 Å². The van der Waals surface area contributed by atoms with Crippen molar-refractivity contribution in [3.8, 4) is 11.8 Å². The smallest absolute Gasteiger partial charge is 0.353 e. The van der Waals surface area contributed by atoms with Crippen LogP contribution < -0.4 is 15.4 Å². The van der Waals surface area contributed by atoms with Gasteiger partial charge in [-0.15, -0.1) is 0 Å². The molecule has 0 amide bonds. The van der Waals surface area contributed by atoms with Crippen molar-refractivity contribution in [1.82, 2.24) is 5.32 Å². The number of ether oxygens (including phenoxy) is 2. The average Bonchev–Trinajstić information content (AvgIpc) is 2.66. The number of nitrogens with one attached hydrogen (secondary N) is 2. The van der Waals surface area contributed by atoms with Gasteiger partial charge in [-0.3, -0.25) is 0 Å². The first-order valence-electron chi connectivity index (χ1n) is 8.89. The molecule has 0 bridgehead atoms. The molecule has 0 heterocycles. The number of carbonyl (C=O) groups is 1. The fourth-order valence-corrected chi connectivity index (χ4v) is 2.33. The summed E-state index contributed by atoms with van der Waals surface area (Å²) in [5.41, 5.74) is 0.894. The van der Waals surface area contributed by atoms with Crippen LogP contribution in [0.25, 0.3) is 0 Å². The highest BCUT2D eigenvalue weighted by Crippen LogP contribution is 2.16. The number of hydrogen-bond donors (Lipinski definition) is 2. The van der Waals surface area contributed by atoms with Gasteiger partial charge in [0.2, 0.25) is 0 Å². The molecule has 2 aromatic carbocycles. The Labute approximate surface area is 165 Å². The van der Waals surface area contributed by atoms with Gasteiger partial charge in [0.1, 0.15) is 23.2 Å². The third-order valence-electron chi connectivity index (χ3n) is 3.64. The average molecular weight is 379 g/mol. The molecule has 6 nitrogen and oxygen atoms in total. The van der Waals surface area contributed by atoms with Gasteiger partial charge in [0.15, 0.2) is 5.57 Å². The number of esters is 1. The van der Waals surface area contributed by atoms with E-state index in [2.05, 4.69) is 10.6 Å². The Morgan fingerprint density at radius 1 is 1.07 bits per heavy atom. The quantitative estimate of drug-likeness (QED) is 0.430. The van der Waals surface area contributed by atoms with Crippen molar-refractivity contribution in [2.75, 3.05) is 12.4 Å². The molecule has 0 radical (unpaired) electrons. The Kier molecular flexibility index (Phi) is 7.05. The Morgan fingerprint density at radius 2 is 1.71 bits per heavy atom. The number of carbonyl (C=O) groups excluding carboxylic acids is 1. The minimum absolute atomic E-state index is 0.118. The molecule has 0 atom stereocenters. The summed E-state index contributed by atoms with van der Waals surface area (Å²) < 4.78 is 10.5. The van der Waals surface area contributed by atoms with Crippen LogP contribution in [0.15, 0.2) is 66.0 Å². The highest BCUT2D eigenvalue weighted by Gasteiger charge is 2.23. The zero-order valence-corrected chi connectivity index (χ0v) is 16.6. The molecular formula is C22H25N3O3. The Hall–Kier alpha value is -3.46. The maximum atomic E-state index is 12.5. The fourth-order valence-electron chi connectivity index (χ4n) is 2.33. The molecule has 6 heteroatoms. The first-order chi connectivity index (χ1) is 13.3. The number of benzene rings is 2. The van der Waals surface area contributed by atoms with Crippen molar-refractivity contribution >= 4 is 11.7 Å². The number of nitrogens with zero attached hydrogens (tertiary/aromatic N) is 1. The molecule has 146 valence electrons. The summed E-state index contributed by atoms with van der Waals surface area (Å²) in [7, 11) is 1.61. The standard InChI is InChI=1S/C22H25N3O3/c1-22(2,3)28-21(26)19(14-23)20(25-17-8-6-5-7-9-17)24-15-16-10-12-18(27-4)13-11-16/h5-13,24-25H,15H2,1-4H3/b20-19+. The number of hydrogen-bond acceptors (Lipinski definition) is 6. The maximum Gasteiger partial charge on any atom is 0.353 e. The number of methoxy groups -OCH3 is 1. The lowest BCUT2D eigenvalue weighted by Gasteiger charge is -2.21. The SMILES string of the molecule is COc1ccc(CN/C(Nc2ccccc2)=C(/C#N)C(=O)OC(C)(C)C)cc1. The molecule has 0 fully saturated rings. The third-order valence-corrected chi connectivity index (χ3v) is 3.64. The molecule has 0 saturated heterocycles. The minimum Gasteiger partial charge on any atom is -0.497 e. The largest absolute Gasteiger partial charge is 0.497 e. The monoisotopic (exact) mass is 379 g/mol. The van der Waals surface area contributed by atoms with Crippen LogP contribution in [0.3, 0.4) is 0 Å². The summed E-state index contributed by atoms with van der Waals surface area (Å²) in [5.74, 6) is 0.364. The zero-order valence-electron chi connectivity index (χ0n) is 16.6. The van der Waals surface area contributed by atoms with Gasteiger partial charge in [-0.25, -0.2) is 4.79 Å². The summed E-state index contributed by atoms with van der Waals surface area (Å²) in [4.78, 5) is 12.5. The van der Waals surface area contributed by atoms with E-state index in [1.807, 2.05) is 60.7 Å². The van der Waals surface area contributed by atoms with Crippen molar-refractivity contribution in [3.63, 3.8) is 0 Å². The zero-order chi connectivity index (χ0) is 20.6. The van der Waals surface area contributed by atoms with Gasteiger partial charge in [0, 0.05) is 12.2 Å². The van der Waals surface area contributed by atoms with E-state index in [1.54, 1.807) is 27.9 Å². The first kappa shape index (κ1) is 20.8. The lowest BCUT2D eigenvalue weighted by atomic mass is 10.2. The topological polar surface area (TPSA) is 83.4 Å². The van der Waals surface area contributed by atoms with Gasteiger partial charge >= 0.3 is 5.97 Å². The number of nitriles is 1. The van der Waals surface area contributed by atoms with Crippen molar-refractivity contribution < 1.29 is 14.3 Å². The summed E-state index contributed by atoms with van der Waals surface area (Å²) in [6.07, 6.45) is 0. The van der Waals surface area contributed by atoms with Crippen LogP contribution >= 0.6 is 0 Å². The highest BCUT2D eigenvalue weighted by molar-refractivity contribution is 5.94. The van der Waals surface area contributed by atoms with Crippen LogP contribution in [0.1, 0.15) is 26.3 Å². The van der Waals surface area contributed by atoms with Crippen molar-refractivity contribution in [2.24, 2.45) is 0 Å². The van der Waals surface area contributed by atoms with Gasteiger partial charge < -0.3 is 20.1 Å². The van der Waals surface area contributed by atoms with Crippen LogP contribution in [0.4, 0.5) is 5.69 Å². The molecule has 2 rings (SSSR count). The second-order valence-electron chi connectivity index (χ2n) is 7.06. The predicted octanol–water partition coefficient (Wildman–Crippen LogP) is 3.97. The molecule has 2 N–H and O–H groups in total. The van der Waals surface area contributed by atoms with Crippen molar-refractivity contribution in [1.29, 1.82) is 5.26 Å². The predicted molar refractivity (Wildman–Crippen MR) is 108 cm³/mol. The summed E-state index contributed by atoms with van der Waals surface area (Å²) in [6.45, 7) is 5.69. The van der Waals surface area contributed by atoms with E-state index in [4.69, 9.17) is 9.47 Å². The van der Waals surface area contributed by atoms with E-state index in [-0.39, 0.29) is 5.57 Å². The van der Waals surface area contributed by atoms with Crippen LogP contribution in [0.5, 0.6) is 5.75 Å². The van der Waals surface area contributed by atoms with Crippen LogP contribution in [-0.2, 0) is 16.1 Å². The highest BCUT2D eigenvalue weighted by atomic mass is 16.6. The lowest BCUT2D eigenvalue weighted by Crippen LogP contribution is -2.29. The van der Waals surface area contributed by atoms with E-state index in [1.165, 1.54) is 0 Å². The van der Waals surface area contributed by atoms with Crippen molar-refractivity contribution in [2.45, 2.75) is 32.9 Å². The number of anilines is 1. The second-order valence-corrected chi connectivity index (χ2v) is 7.06. The summed E-state index contributed by atoms with van der Waals surface area (Å²) in [6, 6.07) is 18.8. The Morgan fingerprint density at radius 3 is 2.25 bits per heavy atom. The van der Waals surface area contributed by atoms with Crippen molar-refractivity contribution in [3.05, 3.63) is 71.6 Å². The molecule has 0 unspecified atom stereocenters. The molecular weight excluding hydrogens is 354 g/mol. The van der Waals surface area contributed by atoms with E-state index in [0.29, 0.717) is 12.4 Å². The van der Waals surface area contributed by atoms with E-state index < -0.39 is 11.6 Å². The van der Waals surface area contributed by atoms with E-state index in [9.17, 15) is 10.1 Å². The van der Waals surface area contributed by atoms with E-state index in [0.717, 1.165) is 17.0 Å². The third kappa shape index (κ3) is 6.36. The molecule has 0 spiro atoms. The molecule has 0 aliphatic carbocycles. The second kappa shape index (κ2) is 9.47. The minimum atomic E-state index is -0.701.